The Kier molecular flexibility index (Phi) is 3.28. The molecule has 0 spiro atoms. The summed E-state index contributed by atoms with van der Waals surface area (Å²) >= 11 is 1.43. The van der Waals surface area contributed by atoms with Crippen LogP contribution in [0.3, 0.4) is 0 Å². The molecule has 3 rings (SSSR count). The minimum atomic E-state index is -0.0676. The van der Waals surface area contributed by atoms with Gasteiger partial charge in [-0.25, -0.2) is 9.10 Å². The van der Waals surface area contributed by atoms with E-state index < -0.39 is 0 Å². The van der Waals surface area contributed by atoms with Gasteiger partial charge in [-0.2, -0.15) is 0 Å². The van der Waals surface area contributed by atoms with Crippen molar-refractivity contribution < 1.29 is 9.53 Å². The van der Waals surface area contributed by atoms with Crippen LogP contribution in [0, 0.1) is 0 Å². The summed E-state index contributed by atoms with van der Waals surface area (Å²) in [4.78, 5) is 15.1. The molecule has 1 heterocycles. The van der Waals surface area contributed by atoms with Crippen LogP contribution in [-0.2, 0) is 0 Å². The van der Waals surface area contributed by atoms with Gasteiger partial charge in [0.15, 0.2) is 0 Å². The zero-order chi connectivity index (χ0) is 14.1. The summed E-state index contributed by atoms with van der Waals surface area (Å²) in [7, 11) is 3.39. The Balaban J connectivity index is 2.01. The molecule has 0 atom stereocenters. The Morgan fingerprint density at radius 1 is 1.10 bits per heavy atom. The predicted octanol–water partition coefficient (Wildman–Crippen LogP) is 3.78. The van der Waals surface area contributed by atoms with E-state index in [-0.39, 0.29) is 6.03 Å². The van der Waals surface area contributed by atoms with Gasteiger partial charge >= 0.3 is 6.03 Å². The molecule has 2 aromatic carbocycles. The first-order chi connectivity index (χ1) is 9.70. The Bertz CT molecular complexity index is 646. The van der Waals surface area contributed by atoms with Crippen LogP contribution in [0.2, 0.25) is 0 Å². The molecular weight excluding hydrogens is 272 g/mol. The van der Waals surface area contributed by atoms with Gasteiger partial charge in [0.2, 0.25) is 0 Å². The molecule has 0 unspecified atom stereocenters. The summed E-state index contributed by atoms with van der Waals surface area (Å²) in [6, 6.07) is 15.3. The summed E-state index contributed by atoms with van der Waals surface area (Å²) in [5.41, 5.74) is 1.74. The topological polar surface area (TPSA) is 32.8 Å². The number of urea groups is 1. The zero-order valence-corrected chi connectivity index (χ0v) is 12.1. The lowest BCUT2D eigenvalue weighted by Gasteiger charge is -2.33. The van der Waals surface area contributed by atoms with E-state index in [4.69, 9.17) is 4.74 Å². The van der Waals surface area contributed by atoms with Crippen LogP contribution in [0.15, 0.2) is 53.4 Å². The number of amides is 2. The van der Waals surface area contributed by atoms with E-state index >= 15 is 0 Å². The Morgan fingerprint density at radius 3 is 2.55 bits per heavy atom. The summed E-state index contributed by atoms with van der Waals surface area (Å²) < 4.78 is 6.90. The summed E-state index contributed by atoms with van der Waals surface area (Å²) in [5, 5.41) is 0. The maximum absolute atomic E-state index is 12.5. The summed E-state index contributed by atoms with van der Waals surface area (Å²) in [6.07, 6.45) is 0. The van der Waals surface area contributed by atoms with Gasteiger partial charge < -0.3 is 4.74 Å². The van der Waals surface area contributed by atoms with Crippen molar-refractivity contribution in [3.63, 3.8) is 0 Å². The summed E-state index contributed by atoms with van der Waals surface area (Å²) in [5.74, 6) is 0.747. The molecule has 20 heavy (non-hydrogen) atoms. The minimum Gasteiger partial charge on any atom is -0.497 e. The number of methoxy groups -OCH3 is 1. The highest BCUT2D eigenvalue weighted by atomic mass is 32.2. The number of nitrogens with zero attached hydrogens (tertiary/aromatic N) is 2. The van der Waals surface area contributed by atoms with Crippen molar-refractivity contribution in [1.82, 2.24) is 0 Å². The lowest BCUT2D eigenvalue weighted by Crippen LogP contribution is -2.40. The highest BCUT2D eigenvalue weighted by molar-refractivity contribution is 8.01. The lowest BCUT2D eigenvalue weighted by molar-refractivity contribution is 0.255. The maximum atomic E-state index is 12.5. The normalized spacial score (nSPS) is 14.2. The number of carbonyl (C=O) groups is 1. The van der Waals surface area contributed by atoms with Crippen LogP contribution < -0.4 is 13.9 Å². The average molecular weight is 286 g/mol. The first-order valence-corrected chi connectivity index (χ1v) is 6.97. The Labute approximate surface area is 122 Å². The number of hydrogen-bond donors (Lipinski definition) is 0. The van der Waals surface area contributed by atoms with E-state index in [1.54, 1.807) is 23.4 Å². The monoisotopic (exact) mass is 286 g/mol. The molecule has 0 fully saturated rings. The quantitative estimate of drug-likeness (QED) is 0.788. The van der Waals surface area contributed by atoms with Gasteiger partial charge in [0.1, 0.15) is 5.75 Å². The van der Waals surface area contributed by atoms with Gasteiger partial charge in [-0.15, -0.1) is 0 Å². The van der Waals surface area contributed by atoms with Crippen molar-refractivity contribution in [3.05, 3.63) is 48.5 Å². The summed E-state index contributed by atoms with van der Waals surface area (Å²) in [6.45, 7) is 0. The van der Waals surface area contributed by atoms with E-state index in [1.807, 2.05) is 48.5 Å². The smallest absolute Gasteiger partial charge is 0.339 e. The molecule has 1 aliphatic rings. The van der Waals surface area contributed by atoms with Crippen LogP contribution in [0.1, 0.15) is 0 Å². The number of fused-ring (bicyclic) bond motifs is 1. The third-order valence-corrected chi connectivity index (χ3v) is 4.26. The number of rotatable bonds is 2. The van der Waals surface area contributed by atoms with Crippen LogP contribution in [-0.4, -0.2) is 20.2 Å². The second kappa shape index (κ2) is 5.09. The highest BCUT2D eigenvalue weighted by Gasteiger charge is 2.30. The number of para-hydroxylation sites is 1. The first-order valence-electron chi connectivity index (χ1n) is 6.19. The zero-order valence-electron chi connectivity index (χ0n) is 11.2. The number of hydrogen-bond acceptors (Lipinski definition) is 3. The van der Waals surface area contributed by atoms with Gasteiger partial charge in [0.05, 0.1) is 23.4 Å². The van der Waals surface area contributed by atoms with Crippen molar-refractivity contribution >= 4 is 29.4 Å². The van der Waals surface area contributed by atoms with Crippen molar-refractivity contribution in [2.24, 2.45) is 0 Å². The standard InChI is InChI=1S/C15H14N2O2S/c1-16-13-10-12(19-2)8-9-14(13)20-17(15(16)18)11-6-4-3-5-7-11/h3-10H,1-2H3. The van der Waals surface area contributed by atoms with Crippen molar-refractivity contribution in [1.29, 1.82) is 0 Å². The second-order valence-electron chi connectivity index (χ2n) is 4.40. The van der Waals surface area contributed by atoms with E-state index in [0.717, 1.165) is 22.0 Å². The fraction of sp³-hybridized carbons (Fsp3) is 0.133. The predicted molar refractivity (Wildman–Crippen MR) is 81.6 cm³/mol. The molecule has 102 valence electrons. The Hall–Kier alpha value is -2.14. The van der Waals surface area contributed by atoms with E-state index in [0.29, 0.717) is 0 Å². The Morgan fingerprint density at radius 2 is 1.85 bits per heavy atom. The van der Waals surface area contributed by atoms with Gasteiger partial charge in [-0.05, 0) is 36.2 Å². The largest absolute Gasteiger partial charge is 0.497 e. The van der Waals surface area contributed by atoms with Gasteiger partial charge in [0.25, 0.3) is 0 Å². The molecule has 1 aliphatic heterocycles. The molecule has 0 saturated heterocycles. The number of benzene rings is 2. The molecule has 0 aliphatic carbocycles. The van der Waals surface area contributed by atoms with Crippen molar-refractivity contribution in [2.45, 2.75) is 4.90 Å². The number of carbonyl (C=O) groups excluding carboxylic acids is 1. The third-order valence-electron chi connectivity index (χ3n) is 3.17. The third kappa shape index (κ3) is 2.10. The molecular formula is C15H14N2O2S. The van der Waals surface area contributed by atoms with E-state index in [1.165, 1.54) is 11.9 Å². The lowest BCUT2D eigenvalue weighted by atomic mass is 10.2. The number of ether oxygens (including phenoxy) is 1. The van der Waals surface area contributed by atoms with E-state index in [9.17, 15) is 4.79 Å². The van der Waals surface area contributed by atoms with Crippen molar-refractivity contribution in [3.8, 4) is 5.75 Å². The number of anilines is 2. The molecule has 5 heteroatoms. The second-order valence-corrected chi connectivity index (χ2v) is 5.38. The molecule has 0 N–H and O–H groups in total. The molecule has 0 saturated carbocycles. The first kappa shape index (κ1) is 12.9. The van der Waals surface area contributed by atoms with Crippen LogP contribution in [0.25, 0.3) is 0 Å². The maximum Gasteiger partial charge on any atom is 0.339 e. The molecule has 0 radical (unpaired) electrons. The minimum absolute atomic E-state index is 0.0676. The molecule has 2 amide bonds. The molecule has 4 nitrogen and oxygen atoms in total. The SMILES string of the molecule is COc1ccc2c(c1)N(C)C(=O)N(c1ccccc1)S2. The average Bonchev–Trinajstić information content (AvgIpc) is 2.51. The fourth-order valence-corrected chi connectivity index (χ4v) is 3.11. The molecule has 0 aromatic heterocycles. The van der Waals surface area contributed by atoms with Gasteiger partial charge in [-0.1, -0.05) is 18.2 Å². The fourth-order valence-electron chi connectivity index (χ4n) is 2.07. The highest BCUT2D eigenvalue weighted by Crippen LogP contribution is 2.42. The van der Waals surface area contributed by atoms with Crippen LogP contribution in [0.4, 0.5) is 16.2 Å². The van der Waals surface area contributed by atoms with Crippen LogP contribution >= 0.6 is 11.9 Å². The van der Waals surface area contributed by atoms with Gasteiger partial charge in [0, 0.05) is 13.1 Å². The molecule has 2 aromatic rings. The van der Waals surface area contributed by atoms with Crippen molar-refractivity contribution in [2.75, 3.05) is 23.4 Å². The van der Waals surface area contributed by atoms with Crippen LogP contribution in [0.5, 0.6) is 5.75 Å². The van der Waals surface area contributed by atoms with Gasteiger partial charge in [-0.3, -0.25) is 4.90 Å². The van der Waals surface area contributed by atoms with E-state index in [2.05, 4.69) is 0 Å². The molecule has 0 bridgehead atoms.